The van der Waals surface area contributed by atoms with Crippen LogP contribution in [0, 0.1) is 5.92 Å². The van der Waals surface area contributed by atoms with E-state index in [-0.39, 0.29) is 11.7 Å². The molecule has 0 N–H and O–H groups in total. The maximum absolute atomic E-state index is 12.8. The highest BCUT2D eigenvalue weighted by Gasteiger charge is 2.30. The van der Waals surface area contributed by atoms with Gasteiger partial charge in [-0.25, -0.2) is 0 Å². The van der Waals surface area contributed by atoms with Crippen molar-refractivity contribution in [2.45, 2.75) is 32.6 Å². The van der Waals surface area contributed by atoms with Crippen LogP contribution in [0.2, 0.25) is 0 Å². The zero-order valence-electron chi connectivity index (χ0n) is 13.1. The number of ketones is 1. The Kier molecular flexibility index (Phi) is 4.57. The molecule has 0 spiro atoms. The molecular weight excluding hydrogens is 278 g/mol. The number of Topliss-reactive ketones (excluding diaryl/α,β-unsaturated/α-hetero) is 1. The van der Waals surface area contributed by atoms with Crippen molar-refractivity contribution in [3.05, 3.63) is 34.9 Å². The van der Waals surface area contributed by atoms with Gasteiger partial charge in [0, 0.05) is 43.2 Å². The molecule has 0 radical (unpaired) electrons. The maximum Gasteiger partial charge on any atom is 0.254 e. The van der Waals surface area contributed by atoms with Crippen LogP contribution in [0.3, 0.4) is 0 Å². The van der Waals surface area contributed by atoms with E-state index in [0.717, 1.165) is 55.8 Å². The van der Waals surface area contributed by atoms with E-state index in [1.54, 1.807) is 0 Å². The lowest BCUT2D eigenvalue weighted by atomic mass is 10.0. The van der Waals surface area contributed by atoms with Gasteiger partial charge in [0.05, 0.1) is 6.61 Å². The fraction of sp³-hybridized carbons (Fsp3) is 0.556. The molecular formula is C18H23NO3. The van der Waals surface area contributed by atoms with Gasteiger partial charge in [0.25, 0.3) is 5.91 Å². The van der Waals surface area contributed by atoms with E-state index in [0.29, 0.717) is 18.8 Å². The van der Waals surface area contributed by atoms with E-state index in [4.69, 9.17) is 4.74 Å². The van der Waals surface area contributed by atoms with Gasteiger partial charge in [0.15, 0.2) is 5.78 Å². The summed E-state index contributed by atoms with van der Waals surface area (Å²) >= 11 is 0. The predicted octanol–water partition coefficient (Wildman–Crippen LogP) is 2.70. The fourth-order valence-corrected chi connectivity index (χ4v) is 3.41. The van der Waals surface area contributed by atoms with Crippen LogP contribution < -0.4 is 0 Å². The second kappa shape index (κ2) is 6.61. The Morgan fingerprint density at radius 1 is 1.36 bits per heavy atom. The number of benzene rings is 1. The molecule has 0 aromatic heterocycles. The highest BCUT2D eigenvalue weighted by molar-refractivity contribution is 6.05. The Hall–Kier alpha value is -1.68. The second-order valence-corrected chi connectivity index (χ2v) is 6.24. The molecule has 118 valence electrons. The third-order valence-corrected chi connectivity index (χ3v) is 4.58. The normalized spacial score (nSPS) is 20.5. The Morgan fingerprint density at radius 2 is 2.23 bits per heavy atom. The second-order valence-electron chi connectivity index (χ2n) is 6.24. The van der Waals surface area contributed by atoms with Crippen molar-refractivity contribution in [3.63, 3.8) is 0 Å². The summed E-state index contributed by atoms with van der Waals surface area (Å²) in [5.74, 6) is 0.676. The Morgan fingerprint density at radius 3 is 3.05 bits per heavy atom. The van der Waals surface area contributed by atoms with Gasteiger partial charge in [-0.15, -0.1) is 0 Å². The molecule has 1 aliphatic heterocycles. The van der Waals surface area contributed by atoms with Gasteiger partial charge in [-0.3, -0.25) is 9.59 Å². The van der Waals surface area contributed by atoms with E-state index < -0.39 is 0 Å². The van der Waals surface area contributed by atoms with Crippen molar-refractivity contribution in [2.75, 3.05) is 26.3 Å². The first-order valence-corrected chi connectivity index (χ1v) is 8.22. The van der Waals surface area contributed by atoms with Crippen molar-refractivity contribution in [1.29, 1.82) is 0 Å². The highest BCUT2D eigenvalue weighted by Crippen LogP contribution is 2.28. The largest absolute Gasteiger partial charge is 0.381 e. The summed E-state index contributed by atoms with van der Waals surface area (Å²) in [6, 6.07) is 5.53. The van der Waals surface area contributed by atoms with Crippen LogP contribution in [-0.4, -0.2) is 42.9 Å². The molecule has 1 aromatic rings. The number of carbonyl (C=O) groups is 2. The van der Waals surface area contributed by atoms with Gasteiger partial charge in [0.2, 0.25) is 0 Å². The molecule has 0 bridgehead atoms. The van der Waals surface area contributed by atoms with Gasteiger partial charge in [-0.1, -0.05) is 19.1 Å². The van der Waals surface area contributed by atoms with Crippen molar-refractivity contribution in [1.82, 2.24) is 4.90 Å². The third-order valence-electron chi connectivity index (χ3n) is 4.58. The number of rotatable bonds is 5. The number of hydrogen-bond acceptors (Lipinski definition) is 3. The van der Waals surface area contributed by atoms with E-state index in [1.165, 1.54) is 0 Å². The minimum Gasteiger partial charge on any atom is -0.381 e. The van der Waals surface area contributed by atoms with Crippen LogP contribution >= 0.6 is 0 Å². The quantitative estimate of drug-likeness (QED) is 0.786. The van der Waals surface area contributed by atoms with Crippen LogP contribution in [0.4, 0.5) is 0 Å². The molecule has 4 nitrogen and oxygen atoms in total. The number of fused-ring (bicyclic) bond motifs is 1. The average Bonchev–Trinajstić information content (AvgIpc) is 3.14. The molecule has 0 saturated carbocycles. The topological polar surface area (TPSA) is 46.6 Å². The standard InChI is InChI=1S/C18H23NO3/c1-2-10-22-12-13-8-9-19(11-13)18(21)16-5-3-4-15-14(16)6-7-17(15)20/h3-5,13H,2,6-12H2,1H3/t13-/m0/s1. The average molecular weight is 301 g/mol. The molecule has 1 fully saturated rings. The van der Waals surface area contributed by atoms with Crippen molar-refractivity contribution in [3.8, 4) is 0 Å². The summed E-state index contributed by atoms with van der Waals surface area (Å²) < 4.78 is 5.61. The minimum absolute atomic E-state index is 0.0736. The van der Waals surface area contributed by atoms with Crippen molar-refractivity contribution in [2.24, 2.45) is 5.92 Å². The molecule has 1 heterocycles. The smallest absolute Gasteiger partial charge is 0.254 e. The number of amides is 1. The Balaban J connectivity index is 1.67. The van der Waals surface area contributed by atoms with E-state index in [1.807, 2.05) is 23.1 Å². The molecule has 0 unspecified atom stereocenters. The summed E-state index contributed by atoms with van der Waals surface area (Å²) in [5, 5.41) is 0. The Bertz CT molecular complexity index is 582. The molecule has 1 aromatic carbocycles. The summed E-state index contributed by atoms with van der Waals surface area (Å²) in [6.45, 7) is 5.18. The zero-order chi connectivity index (χ0) is 15.5. The molecule has 1 atom stereocenters. The lowest BCUT2D eigenvalue weighted by Gasteiger charge is -2.18. The van der Waals surface area contributed by atoms with Gasteiger partial charge in [-0.05, 0) is 30.9 Å². The number of likely N-dealkylation sites (tertiary alicyclic amines) is 1. The maximum atomic E-state index is 12.8. The summed E-state index contributed by atoms with van der Waals surface area (Å²) in [5.41, 5.74) is 2.41. The fourth-order valence-electron chi connectivity index (χ4n) is 3.41. The molecule has 2 aliphatic rings. The number of ether oxygens (including phenoxy) is 1. The SMILES string of the molecule is CCCOC[C@H]1CCN(C(=O)c2cccc3c2CCC3=O)C1. The van der Waals surface area contributed by atoms with Gasteiger partial charge < -0.3 is 9.64 Å². The number of nitrogens with zero attached hydrogens (tertiary/aromatic N) is 1. The first-order chi connectivity index (χ1) is 10.7. The number of hydrogen-bond donors (Lipinski definition) is 0. The van der Waals surface area contributed by atoms with E-state index >= 15 is 0 Å². The number of carbonyl (C=O) groups excluding carboxylic acids is 2. The van der Waals surface area contributed by atoms with Crippen LogP contribution in [0.1, 0.15) is 52.5 Å². The Labute approximate surface area is 131 Å². The first kappa shape index (κ1) is 15.2. The molecule has 1 saturated heterocycles. The predicted molar refractivity (Wildman–Crippen MR) is 84.2 cm³/mol. The van der Waals surface area contributed by atoms with Gasteiger partial charge in [-0.2, -0.15) is 0 Å². The third kappa shape index (κ3) is 2.93. The molecule has 1 aliphatic carbocycles. The van der Waals surface area contributed by atoms with Gasteiger partial charge in [0.1, 0.15) is 0 Å². The highest BCUT2D eigenvalue weighted by atomic mass is 16.5. The summed E-state index contributed by atoms with van der Waals surface area (Å²) in [7, 11) is 0. The molecule has 22 heavy (non-hydrogen) atoms. The molecule has 3 rings (SSSR count). The monoisotopic (exact) mass is 301 g/mol. The van der Waals surface area contributed by atoms with E-state index in [2.05, 4.69) is 6.92 Å². The van der Waals surface area contributed by atoms with Crippen molar-refractivity contribution >= 4 is 11.7 Å². The molecule has 4 heteroatoms. The lowest BCUT2D eigenvalue weighted by Crippen LogP contribution is -2.30. The molecule has 1 amide bonds. The van der Waals surface area contributed by atoms with Crippen LogP contribution in [0.25, 0.3) is 0 Å². The van der Waals surface area contributed by atoms with Crippen LogP contribution in [-0.2, 0) is 11.2 Å². The van der Waals surface area contributed by atoms with Crippen molar-refractivity contribution < 1.29 is 14.3 Å². The lowest BCUT2D eigenvalue weighted by molar-refractivity contribution is 0.0753. The minimum atomic E-state index is 0.0736. The van der Waals surface area contributed by atoms with Crippen LogP contribution in [0.5, 0.6) is 0 Å². The van der Waals surface area contributed by atoms with Gasteiger partial charge >= 0.3 is 0 Å². The zero-order valence-corrected chi connectivity index (χ0v) is 13.1. The summed E-state index contributed by atoms with van der Waals surface area (Å²) in [4.78, 5) is 26.5. The van der Waals surface area contributed by atoms with Crippen LogP contribution in [0.15, 0.2) is 18.2 Å². The summed E-state index contributed by atoms with van der Waals surface area (Å²) in [6.07, 6.45) is 3.27. The first-order valence-electron chi connectivity index (χ1n) is 8.22. The van der Waals surface area contributed by atoms with E-state index in [9.17, 15) is 9.59 Å².